The van der Waals surface area contributed by atoms with E-state index in [9.17, 15) is 0 Å². The Balaban J connectivity index is 2.38. The van der Waals surface area contributed by atoms with Gasteiger partial charge < -0.3 is 10.2 Å². The molecule has 0 aromatic carbocycles. The molecule has 0 aromatic heterocycles. The molecule has 1 aliphatic rings. The van der Waals surface area contributed by atoms with Crippen molar-refractivity contribution in [2.24, 2.45) is 11.8 Å². The molecule has 1 atom stereocenters. The van der Waals surface area contributed by atoms with Crippen molar-refractivity contribution in [2.75, 3.05) is 47.3 Å². The largest absolute Gasteiger partial charge is 0.318 e. The highest BCUT2D eigenvalue weighted by Crippen LogP contribution is 2.21. The minimum absolute atomic E-state index is 0.709. The second-order valence-electron chi connectivity index (χ2n) is 6.11. The first-order valence-corrected chi connectivity index (χ1v) is 7.08. The van der Waals surface area contributed by atoms with Crippen LogP contribution in [0.1, 0.15) is 26.7 Å². The Morgan fingerprint density at radius 2 is 1.82 bits per heavy atom. The summed E-state index contributed by atoms with van der Waals surface area (Å²) < 4.78 is 0. The third-order valence-electron chi connectivity index (χ3n) is 3.92. The second-order valence-corrected chi connectivity index (χ2v) is 6.11. The second kappa shape index (κ2) is 7.34. The minimum atomic E-state index is 0.709. The fourth-order valence-corrected chi connectivity index (χ4v) is 2.98. The van der Waals surface area contributed by atoms with Crippen LogP contribution >= 0.6 is 0 Å². The number of piperidine rings is 1. The summed E-state index contributed by atoms with van der Waals surface area (Å²) in [6, 6.07) is 0.709. The van der Waals surface area contributed by atoms with E-state index in [0.717, 1.165) is 18.4 Å². The van der Waals surface area contributed by atoms with Gasteiger partial charge in [0.05, 0.1) is 0 Å². The van der Waals surface area contributed by atoms with Gasteiger partial charge >= 0.3 is 0 Å². The monoisotopic (exact) mass is 241 g/mol. The summed E-state index contributed by atoms with van der Waals surface area (Å²) in [5.74, 6) is 1.65. The summed E-state index contributed by atoms with van der Waals surface area (Å²) in [4.78, 5) is 5.02. The normalized spacial score (nSPS) is 21.4. The zero-order valence-electron chi connectivity index (χ0n) is 12.4. The summed E-state index contributed by atoms with van der Waals surface area (Å²) in [6.07, 6.45) is 2.73. The van der Waals surface area contributed by atoms with Gasteiger partial charge in [0.1, 0.15) is 0 Å². The quantitative estimate of drug-likeness (QED) is 0.760. The molecule has 1 fully saturated rings. The van der Waals surface area contributed by atoms with Gasteiger partial charge in [0.2, 0.25) is 0 Å². The molecular formula is C14H31N3. The molecule has 0 aliphatic carbocycles. The Labute approximate surface area is 108 Å². The summed E-state index contributed by atoms with van der Waals surface area (Å²) in [5.41, 5.74) is 0. The maximum atomic E-state index is 3.34. The number of likely N-dealkylation sites (N-methyl/N-ethyl adjacent to an activating group) is 1. The third-order valence-corrected chi connectivity index (χ3v) is 3.92. The highest BCUT2D eigenvalue weighted by molar-refractivity contribution is 4.82. The van der Waals surface area contributed by atoms with Crippen molar-refractivity contribution in [1.82, 2.24) is 15.1 Å². The molecular weight excluding hydrogens is 210 g/mol. The molecule has 3 nitrogen and oxygen atoms in total. The molecule has 0 saturated carbocycles. The Morgan fingerprint density at radius 1 is 1.24 bits per heavy atom. The first-order valence-electron chi connectivity index (χ1n) is 7.08. The summed E-state index contributed by atoms with van der Waals surface area (Å²) in [7, 11) is 6.43. The van der Waals surface area contributed by atoms with Crippen molar-refractivity contribution in [3.05, 3.63) is 0 Å². The van der Waals surface area contributed by atoms with E-state index in [-0.39, 0.29) is 0 Å². The molecule has 1 saturated heterocycles. The van der Waals surface area contributed by atoms with E-state index in [2.05, 4.69) is 50.1 Å². The van der Waals surface area contributed by atoms with Crippen molar-refractivity contribution in [3.8, 4) is 0 Å². The van der Waals surface area contributed by atoms with Crippen LogP contribution in [0.5, 0.6) is 0 Å². The average molecular weight is 241 g/mol. The molecule has 1 N–H and O–H groups in total. The van der Waals surface area contributed by atoms with Crippen LogP contribution in [0.4, 0.5) is 0 Å². The number of hydrogen-bond donors (Lipinski definition) is 1. The average Bonchev–Trinajstić information content (AvgIpc) is 2.26. The highest BCUT2D eigenvalue weighted by atomic mass is 15.2. The SMILES string of the molecule is CNCC(C(C)C)N1CCC(CN(C)C)CC1. The van der Waals surface area contributed by atoms with E-state index < -0.39 is 0 Å². The van der Waals surface area contributed by atoms with Gasteiger partial charge in [-0.3, -0.25) is 4.90 Å². The molecule has 0 bridgehead atoms. The van der Waals surface area contributed by atoms with Crippen LogP contribution in [-0.4, -0.2) is 63.2 Å². The maximum absolute atomic E-state index is 3.34. The first-order chi connectivity index (χ1) is 8.04. The highest BCUT2D eigenvalue weighted by Gasteiger charge is 2.26. The van der Waals surface area contributed by atoms with Crippen molar-refractivity contribution >= 4 is 0 Å². The smallest absolute Gasteiger partial charge is 0.0243 e. The summed E-state index contributed by atoms with van der Waals surface area (Å²) in [5, 5.41) is 3.34. The lowest BCUT2D eigenvalue weighted by atomic mass is 9.93. The number of likely N-dealkylation sites (tertiary alicyclic amines) is 1. The molecule has 1 heterocycles. The van der Waals surface area contributed by atoms with Crippen LogP contribution in [0.3, 0.4) is 0 Å². The van der Waals surface area contributed by atoms with Crippen molar-refractivity contribution < 1.29 is 0 Å². The van der Waals surface area contributed by atoms with E-state index in [0.29, 0.717) is 6.04 Å². The van der Waals surface area contributed by atoms with Crippen LogP contribution in [0, 0.1) is 11.8 Å². The van der Waals surface area contributed by atoms with Gasteiger partial charge in [0.25, 0.3) is 0 Å². The number of nitrogens with zero attached hydrogens (tertiary/aromatic N) is 2. The maximum Gasteiger partial charge on any atom is 0.0243 e. The summed E-state index contributed by atoms with van der Waals surface area (Å²) >= 11 is 0. The van der Waals surface area contributed by atoms with Gasteiger partial charge in [-0.1, -0.05) is 13.8 Å². The van der Waals surface area contributed by atoms with E-state index in [4.69, 9.17) is 0 Å². The molecule has 1 aliphatic heterocycles. The zero-order valence-corrected chi connectivity index (χ0v) is 12.4. The molecule has 102 valence electrons. The van der Waals surface area contributed by atoms with Crippen molar-refractivity contribution in [2.45, 2.75) is 32.7 Å². The predicted octanol–water partition coefficient (Wildman–Crippen LogP) is 1.50. The number of nitrogens with one attached hydrogen (secondary N) is 1. The fourth-order valence-electron chi connectivity index (χ4n) is 2.98. The van der Waals surface area contributed by atoms with Gasteiger partial charge in [0.15, 0.2) is 0 Å². The molecule has 0 spiro atoms. The van der Waals surface area contributed by atoms with Gasteiger partial charge in [-0.2, -0.15) is 0 Å². The van der Waals surface area contributed by atoms with E-state index in [1.807, 2.05) is 0 Å². The van der Waals surface area contributed by atoms with E-state index in [1.165, 1.54) is 32.5 Å². The van der Waals surface area contributed by atoms with Crippen molar-refractivity contribution in [1.29, 1.82) is 0 Å². The van der Waals surface area contributed by atoms with Crippen LogP contribution < -0.4 is 5.32 Å². The molecule has 1 rings (SSSR count). The Hall–Kier alpha value is -0.120. The zero-order chi connectivity index (χ0) is 12.8. The van der Waals surface area contributed by atoms with E-state index >= 15 is 0 Å². The molecule has 0 aromatic rings. The molecule has 17 heavy (non-hydrogen) atoms. The topological polar surface area (TPSA) is 18.5 Å². The summed E-state index contributed by atoms with van der Waals surface area (Å²) in [6.45, 7) is 9.62. The van der Waals surface area contributed by atoms with Crippen LogP contribution in [0.25, 0.3) is 0 Å². The molecule has 3 heteroatoms. The lowest BCUT2D eigenvalue weighted by molar-refractivity contribution is 0.0955. The number of hydrogen-bond acceptors (Lipinski definition) is 3. The van der Waals surface area contributed by atoms with Gasteiger partial charge in [-0.05, 0) is 58.9 Å². The standard InChI is InChI=1S/C14H31N3/c1-12(2)14(10-15-3)17-8-6-13(7-9-17)11-16(4)5/h12-15H,6-11H2,1-5H3. The Bertz CT molecular complexity index is 196. The minimum Gasteiger partial charge on any atom is -0.318 e. The Kier molecular flexibility index (Phi) is 6.45. The first kappa shape index (κ1) is 14.9. The van der Waals surface area contributed by atoms with Crippen LogP contribution in [0.15, 0.2) is 0 Å². The lowest BCUT2D eigenvalue weighted by Gasteiger charge is -2.40. The molecule has 0 amide bonds. The van der Waals surface area contributed by atoms with Gasteiger partial charge in [0, 0.05) is 19.1 Å². The predicted molar refractivity (Wildman–Crippen MR) is 75.4 cm³/mol. The molecule has 1 unspecified atom stereocenters. The van der Waals surface area contributed by atoms with Gasteiger partial charge in [-0.15, -0.1) is 0 Å². The molecule has 0 radical (unpaired) electrons. The van der Waals surface area contributed by atoms with Gasteiger partial charge in [-0.25, -0.2) is 0 Å². The lowest BCUT2D eigenvalue weighted by Crippen LogP contribution is -2.49. The third kappa shape index (κ3) is 4.94. The Morgan fingerprint density at radius 3 is 2.24 bits per heavy atom. The fraction of sp³-hybridized carbons (Fsp3) is 1.00. The van der Waals surface area contributed by atoms with E-state index in [1.54, 1.807) is 0 Å². The number of rotatable bonds is 6. The van der Waals surface area contributed by atoms with Crippen molar-refractivity contribution in [3.63, 3.8) is 0 Å². The van der Waals surface area contributed by atoms with Crippen LogP contribution in [0.2, 0.25) is 0 Å². The van der Waals surface area contributed by atoms with Crippen LogP contribution in [-0.2, 0) is 0 Å².